The molecule has 0 bridgehead atoms. The quantitative estimate of drug-likeness (QED) is 0.611. The zero-order valence-corrected chi connectivity index (χ0v) is 11.4. The first-order valence-corrected chi connectivity index (χ1v) is 6.30. The summed E-state index contributed by atoms with van der Waals surface area (Å²) in [7, 11) is 1.59. The molecular weight excluding hydrogens is 246 g/mol. The topological polar surface area (TPSA) is 84.3 Å². The van der Waals surface area contributed by atoms with Crippen molar-refractivity contribution in [1.29, 1.82) is 0 Å². The van der Waals surface area contributed by atoms with Crippen molar-refractivity contribution in [3.05, 3.63) is 33.9 Å². The standard InChI is InChI=1S/C13H19N3O3/c1-4-10(5-2)15-13(17)9-6-7-12(16(18)19)11(8-9)14-3/h6-8,10,14H,4-5H2,1-3H3,(H,15,17). The number of carbonyl (C=O) groups is 1. The molecule has 1 amide bonds. The number of amides is 1. The van der Waals surface area contributed by atoms with Crippen LogP contribution in [0.25, 0.3) is 0 Å². The molecule has 104 valence electrons. The lowest BCUT2D eigenvalue weighted by Crippen LogP contribution is -2.33. The summed E-state index contributed by atoms with van der Waals surface area (Å²) in [5, 5.41) is 16.4. The highest BCUT2D eigenvalue weighted by atomic mass is 16.6. The molecule has 0 aliphatic carbocycles. The fraction of sp³-hybridized carbons (Fsp3) is 0.462. The number of nitrogens with one attached hydrogen (secondary N) is 2. The molecule has 0 aromatic heterocycles. The molecule has 0 saturated carbocycles. The maximum atomic E-state index is 12.0. The largest absolute Gasteiger partial charge is 0.383 e. The van der Waals surface area contributed by atoms with Crippen LogP contribution in [-0.4, -0.2) is 23.9 Å². The Morgan fingerprint density at radius 1 is 1.37 bits per heavy atom. The fourth-order valence-electron chi connectivity index (χ4n) is 1.80. The van der Waals surface area contributed by atoms with Crippen LogP contribution in [-0.2, 0) is 0 Å². The van der Waals surface area contributed by atoms with Crippen LogP contribution >= 0.6 is 0 Å². The van der Waals surface area contributed by atoms with Crippen molar-refractivity contribution in [3.8, 4) is 0 Å². The van der Waals surface area contributed by atoms with E-state index in [4.69, 9.17) is 0 Å². The predicted molar refractivity (Wildman–Crippen MR) is 74.5 cm³/mol. The van der Waals surface area contributed by atoms with Gasteiger partial charge >= 0.3 is 0 Å². The lowest BCUT2D eigenvalue weighted by atomic mass is 10.1. The summed E-state index contributed by atoms with van der Waals surface area (Å²) in [4.78, 5) is 22.3. The summed E-state index contributed by atoms with van der Waals surface area (Å²) < 4.78 is 0. The second-order valence-electron chi connectivity index (χ2n) is 4.23. The number of benzene rings is 1. The van der Waals surface area contributed by atoms with Crippen molar-refractivity contribution in [2.45, 2.75) is 32.7 Å². The summed E-state index contributed by atoms with van der Waals surface area (Å²) in [6.45, 7) is 4.01. The van der Waals surface area contributed by atoms with Gasteiger partial charge in [0.25, 0.3) is 11.6 Å². The molecule has 6 nitrogen and oxygen atoms in total. The molecule has 0 spiro atoms. The smallest absolute Gasteiger partial charge is 0.292 e. The zero-order valence-electron chi connectivity index (χ0n) is 11.4. The van der Waals surface area contributed by atoms with E-state index in [0.717, 1.165) is 12.8 Å². The number of rotatable bonds is 6. The average Bonchev–Trinajstić information content (AvgIpc) is 2.43. The van der Waals surface area contributed by atoms with Gasteiger partial charge in [-0.05, 0) is 25.0 Å². The number of anilines is 1. The molecule has 1 aromatic rings. The number of hydrogen-bond donors (Lipinski definition) is 2. The van der Waals surface area contributed by atoms with Crippen molar-refractivity contribution < 1.29 is 9.72 Å². The van der Waals surface area contributed by atoms with Gasteiger partial charge in [-0.1, -0.05) is 13.8 Å². The molecule has 1 aromatic carbocycles. The number of carbonyl (C=O) groups excluding carboxylic acids is 1. The van der Waals surface area contributed by atoms with E-state index in [2.05, 4.69) is 10.6 Å². The molecule has 0 saturated heterocycles. The molecule has 0 heterocycles. The molecule has 0 aliphatic rings. The summed E-state index contributed by atoms with van der Waals surface area (Å²) >= 11 is 0. The Labute approximate surface area is 112 Å². The first kappa shape index (κ1) is 14.9. The molecule has 0 aliphatic heterocycles. The predicted octanol–water partition coefficient (Wildman–Crippen LogP) is 2.55. The van der Waals surface area contributed by atoms with Gasteiger partial charge in [-0.2, -0.15) is 0 Å². The minimum atomic E-state index is -0.478. The average molecular weight is 265 g/mol. The third-order valence-corrected chi connectivity index (χ3v) is 3.05. The Bertz CT molecular complexity index is 470. The molecule has 19 heavy (non-hydrogen) atoms. The Kier molecular flexibility index (Phi) is 5.29. The van der Waals surface area contributed by atoms with Crippen molar-refractivity contribution in [2.75, 3.05) is 12.4 Å². The van der Waals surface area contributed by atoms with Gasteiger partial charge in [-0.15, -0.1) is 0 Å². The van der Waals surface area contributed by atoms with Gasteiger partial charge < -0.3 is 10.6 Å². The van der Waals surface area contributed by atoms with Crippen LogP contribution in [0.15, 0.2) is 18.2 Å². The minimum absolute atomic E-state index is 0.0402. The number of nitro benzene ring substituents is 1. The zero-order chi connectivity index (χ0) is 14.4. The lowest BCUT2D eigenvalue weighted by Gasteiger charge is -2.15. The van der Waals surface area contributed by atoms with Gasteiger partial charge in [0, 0.05) is 24.7 Å². The van der Waals surface area contributed by atoms with E-state index in [0.29, 0.717) is 11.3 Å². The maximum Gasteiger partial charge on any atom is 0.292 e. The van der Waals surface area contributed by atoms with Crippen LogP contribution in [0.2, 0.25) is 0 Å². The summed E-state index contributed by atoms with van der Waals surface area (Å²) in [6.07, 6.45) is 1.71. The molecule has 2 N–H and O–H groups in total. The van der Waals surface area contributed by atoms with Crippen molar-refractivity contribution in [3.63, 3.8) is 0 Å². The highest BCUT2D eigenvalue weighted by molar-refractivity contribution is 5.96. The fourth-order valence-corrected chi connectivity index (χ4v) is 1.80. The van der Waals surface area contributed by atoms with Crippen molar-refractivity contribution >= 4 is 17.3 Å². The van der Waals surface area contributed by atoms with Crippen molar-refractivity contribution in [2.24, 2.45) is 0 Å². The summed E-state index contributed by atoms with van der Waals surface area (Å²) in [6, 6.07) is 4.43. The normalized spacial score (nSPS) is 10.3. The van der Waals surface area contributed by atoms with E-state index in [1.54, 1.807) is 7.05 Å². The van der Waals surface area contributed by atoms with E-state index in [-0.39, 0.29) is 17.6 Å². The molecule has 0 fully saturated rings. The lowest BCUT2D eigenvalue weighted by molar-refractivity contribution is -0.383. The highest BCUT2D eigenvalue weighted by Gasteiger charge is 2.17. The van der Waals surface area contributed by atoms with Crippen LogP contribution in [0.3, 0.4) is 0 Å². The molecule has 0 radical (unpaired) electrons. The Hall–Kier alpha value is -2.11. The van der Waals surface area contributed by atoms with Crippen LogP contribution in [0.4, 0.5) is 11.4 Å². The molecular formula is C13H19N3O3. The maximum absolute atomic E-state index is 12.0. The van der Waals surface area contributed by atoms with E-state index >= 15 is 0 Å². The molecule has 0 atom stereocenters. The number of nitro groups is 1. The third kappa shape index (κ3) is 3.67. The van der Waals surface area contributed by atoms with Gasteiger partial charge in [0.05, 0.1) is 4.92 Å². The van der Waals surface area contributed by atoms with Crippen LogP contribution in [0.1, 0.15) is 37.0 Å². The van der Waals surface area contributed by atoms with Gasteiger partial charge in [-0.25, -0.2) is 0 Å². The van der Waals surface area contributed by atoms with E-state index < -0.39 is 4.92 Å². The van der Waals surface area contributed by atoms with E-state index in [1.807, 2.05) is 13.8 Å². The first-order chi connectivity index (χ1) is 9.03. The molecule has 0 unspecified atom stereocenters. The van der Waals surface area contributed by atoms with Crippen molar-refractivity contribution in [1.82, 2.24) is 5.32 Å². The van der Waals surface area contributed by atoms with Crippen LogP contribution in [0.5, 0.6) is 0 Å². The van der Waals surface area contributed by atoms with Gasteiger partial charge in [0.2, 0.25) is 0 Å². The minimum Gasteiger partial charge on any atom is -0.383 e. The van der Waals surface area contributed by atoms with Gasteiger partial charge in [-0.3, -0.25) is 14.9 Å². The third-order valence-electron chi connectivity index (χ3n) is 3.05. The Balaban J connectivity index is 2.96. The number of hydrogen-bond acceptors (Lipinski definition) is 4. The van der Waals surface area contributed by atoms with Crippen LogP contribution < -0.4 is 10.6 Å². The molecule has 1 rings (SSSR count). The molecule has 6 heteroatoms. The highest BCUT2D eigenvalue weighted by Crippen LogP contribution is 2.24. The van der Waals surface area contributed by atoms with Crippen LogP contribution in [0, 0.1) is 10.1 Å². The van der Waals surface area contributed by atoms with E-state index in [1.165, 1.54) is 18.2 Å². The Morgan fingerprint density at radius 3 is 2.47 bits per heavy atom. The second kappa shape index (κ2) is 6.72. The summed E-state index contributed by atoms with van der Waals surface area (Å²) in [5.74, 6) is -0.208. The van der Waals surface area contributed by atoms with Gasteiger partial charge in [0.15, 0.2) is 0 Å². The second-order valence-corrected chi connectivity index (χ2v) is 4.23. The first-order valence-electron chi connectivity index (χ1n) is 6.30. The van der Waals surface area contributed by atoms with E-state index in [9.17, 15) is 14.9 Å². The van der Waals surface area contributed by atoms with Gasteiger partial charge in [0.1, 0.15) is 5.69 Å². The Morgan fingerprint density at radius 2 is 2.00 bits per heavy atom. The summed E-state index contributed by atoms with van der Waals surface area (Å²) in [5.41, 5.74) is 0.714. The number of nitrogens with zero attached hydrogens (tertiary/aromatic N) is 1. The SMILES string of the molecule is CCC(CC)NC(=O)c1ccc([N+](=O)[O-])c(NC)c1. The monoisotopic (exact) mass is 265 g/mol.